The molecule has 0 bridgehead atoms. The van der Waals surface area contributed by atoms with Crippen LogP contribution in [0.1, 0.15) is 41.8 Å². The Bertz CT molecular complexity index is 1590. The van der Waals surface area contributed by atoms with E-state index in [9.17, 15) is 14.7 Å². The molecule has 0 unspecified atom stereocenters. The molecule has 1 fully saturated rings. The fourth-order valence-corrected chi connectivity index (χ4v) is 10.1. The second kappa shape index (κ2) is 11.3. The van der Waals surface area contributed by atoms with Gasteiger partial charge in [0.1, 0.15) is 11.8 Å². The lowest BCUT2D eigenvalue weighted by Crippen LogP contribution is -2.46. The summed E-state index contributed by atoms with van der Waals surface area (Å²) < 4.78 is 9.73. The van der Waals surface area contributed by atoms with Gasteiger partial charge in [-0.2, -0.15) is 0 Å². The van der Waals surface area contributed by atoms with Crippen LogP contribution in [-0.2, 0) is 28.2 Å². The van der Waals surface area contributed by atoms with Crippen LogP contribution in [0.3, 0.4) is 0 Å². The van der Waals surface area contributed by atoms with E-state index < -0.39 is 20.0 Å². The number of hydrogen-bond donors (Lipinski definition) is 2. The van der Waals surface area contributed by atoms with E-state index in [0.717, 1.165) is 25.9 Å². The molecule has 5 atom stereocenters. The predicted molar refractivity (Wildman–Crippen MR) is 171 cm³/mol. The maximum absolute atomic E-state index is 14.5. The summed E-state index contributed by atoms with van der Waals surface area (Å²) in [6.07, 6.45) is 1.08. The van der Waals surface area contributed by atoms with E-state index in [1.807, 2.05) is 90.8 Å². The van der Waals surface area contributed by atoms with Gasteiger partial charge in [-0.3, -0.25) is 9.48 Å². The molecule has 2 aliphatic heterocycles. The number of fused-ring (bicyclic) bond motifs is 2. The summed E-state index contributed by atoms with van der Waals surface area (Å²) in [4.78, 5) is 27.8. The molecule has 1 amide bonds. The van der Waals surface area contributed by atoms with Crippen molar-refractivity contribution < 1.29 is 19.4 Å². The fourth-order valence-electron chi connectivity index (χ4n) is 6.89. The topological polar surface area (TPSA) is 101 Å². The molecule has 0 saturated carbocycles. The van der Waals surface area contributed by atoms with Crippen molar-refractivity contribution in [2.45, 2.75) is 62.9 Å². The number of aryl methyl sites for hydroxylation is 1. The van der Waals surface area contributed by atoms with Crippen LogP contribution in [0.15, 0.2) is 85.1 Å². The standard InChI is InChI=1S/C32H35IN4O4Si/c1-21-30(42(2,3)40)28(16-17-36-20-26(34-35-36)29(38)23-11-5-4-6-12-23)41-32(21)25-14-7-8-15-27(25)37(31(32)39)19-22-10-9-13-24(33)18-22/h4-15,18,20-21,28-30,38,40H,16-17,19H2,1-3H3/t21-,28+,29+,30-,32+/m0/s1. The first-order chi connectivity index (χ1) is 20.1. The predicted octanol–water partition coefficient (Wildman–Crippen LogP) is 5.40. The van der Waals surface area contributed by atoms with E-state index in [1.165, 1.54) is 0 Å². The molecular formula is C32H35IN4O4Si. The van der Waals surface area contributed by atoms with Crippen molar-refractivity contribution >= 4 is 42.5 Å². The summed E-state index contributed by atoms with van der Waals surface area (Å²) >= 11 is 2.29. The van der Waals surface area contributed by atoms with E-state index in [1.54, 1.807) is 10.9 Å². The molecule has 3 heterocycles. The zero-order valence-electron chi connectivity index (χ0n) is 23.9. The molecule has 0 aliphatic carbocycles. The number of ether oxygens (including phenoxy) is 1. The van der Waals surface area contributed by atoms with Gasteiger partial charge in [0.2, 0.25) is 0 Å². The van der Waals surface area contributed by atoms with Gasteiger partial charge in [-0.1, -0.05) is 72.8 Å². The molecule has 4 aromatic rings. The number of amides is 1. The van der Waals surface area contributed by atoms with E-state index in [-0.39, 0.29) is 23.5 Å². The first-order valence-corrected chi connectivity index (χ1v) is 18.4. The van der Waals surface area contributed by atoms with Crippen LogP contribution in [-0.4, -0.2) is 45.2 Å². The zero-order chi connectivity index (χ0) is 29.6. The summed E-state index contributed by atoms with van der Waals surface area (Å²) in [6.45, 7) is 6.85. The summed E-state index contributed by atoms with van der Waals surface area (Å²) in [6, 6.07) is 25.5. The van der Waals surface area contributed by atoms with Gasteiger partial charge >= 0.3 is 0 Å². The normalized spacial score (nSPS) is 24.4. The number of halogens is 1. The van der Waals surface area contributed by atoms with Gasteiger partial charge in [-0.25, -0.2) is 0 Å². The molecule has 2 N–H and O–H groups in total. The quantitative estimate of drug-likeness (QED) is 0.189. The van der Waals surface area contributed by atoms with Crippen molar-refractivity contribution in [2.75, 3.05) is 4.90 Å². The van der Waals surface area contributed by atoms with Crippen molar-refractivity contribution in [2.24, 2.45) is 5.92 Å². The largest absolute Gasteiger partial charge is 0.432 e. The van der Waals surface area contributed by atoms with E-state index in [2.05, 4.69) is 45.9 Å². The highest BCUT2D eigenvalue weighted by Gasteiger charge is 2.66. The van der Waals surface area contributed by atoms with Crippen LogP contribution in [0, 0.1) is 9.49 Å². The minimum atomic E-state index is -2.78. The van der Waals surface area contributed by atoms with Crippen LogP contribution in [0.25, 0.3) is 0 Å². The van der Waals surface area contributed by atoms with Crippen molar-refractivity contribution in [3.8, 4) is 0 Å². The second-order valence-corrected chi connectivity index (χ2v) is 17.1. The second-order valence-electron chi connectivity index (χ2n) is 11.9. The maximum Gasteiger partial charge on any atom is 0.264 e. The van der Waals surface area contributed by atoms with Gasteiger partial charge in [0.15, 0.2) is 13.9 Å². The highest BCUT2D eigenvalue weighted by atomic mass is 127. The Kier molecular flexibility index (Phi) is 7.86. The van der Waals surface area contributed by atoms with E-state index in [0.29, 0.717) is 25.2 Å². The zero-order valence-corrected chi connectivity index (χ0v) is 27.0. The molecule has 8 nitrogen and oxygen atoms in total. The number of hydrogen-bond acceptors (Lipinski definition) is 6. The lowest BCUT2D eigenvalue weighted by Gasteiger charge is -2.32. The Morgan fingerprint density at radius 1 is 1.07 bits per heavy atom. The highest BCUT2D eigenvalue weighted by Crippen LogP contribution is 2.59. The SMILES string of the molecule is C[C@H]1[C@H]([Si](C)(C)O)[C@@H](CCn2cc([C@H](O)c3ccccc3)nn2)O[C@]12C(=O)N(Cc1cccc(I)c1)c1ccccc12. The van der Waals surface area contributed by atoms with Crippen LogP contribution >= 0.6 is 22.6 Å². The van der Waals surface area contributed by atoms with Gasteiger partial charge in [0.05, 0.1) is 24.5 Å². The van der Waals surface area contributed by atoms with Gasteiger partial charge in [-0.15, -0.1) is 5.10 Å². The Labute approximate surface area is 260 Å². The number of aliphatic hydroxyl groups is 1. The smallest absolute Gasteiger partial charge is 0.264 e. The number of benzene rings is 3. The number of carbonyl (C=O) groups excluding carboxylic acids is 1. The third-order valence-corrected chi connectivity index (χ3v) is 11.9. The Balaban J connectivity index is 1.28. The molecule has 6 rings (SSSR count). The average molecular weight is 695 g/mol. The van der Waals surface area contributed by atoms with Crippen LogP contribution in [0.4, 0.5) is 5.69 Å². The maximum atomic E-state index is 14.5. The van der Waals surface area contributed by atoms with Crippen molar-refractivity contribution in [1.82, 2.24) is 15.0 Å². The number of aliphatic hydroxyl groups excluding tert-OH is 1. The van der Waals surface area contributed by atoms with Crippen LogP contribution < -0.4 is 4.90 Å². The number of para-hydroxylation sites is 1. The van der Waals surface area contributed by atoms with Crippen LogP contribution in [0.5, 0.6) is 0 Å². The molecule has 3 aromatic carbocycles. The first kappa shape index (κ1) is 29.2. The third-order valence-electron chi connectivity index (χ3n) is 8.72. The molecule has 42 heavy (non-hydrogen) atoms. The lowest BCUT2D eigenvalue weighted by atomic mass is 9.82. The minimum Gasteiger partial charge on any atom is -0.432 e. The van der Waals surface area contributed by atoms with E-state index >= 15 is 0 Å². The molecule has 10 heteroatoms. The van der Waals surface area contributed by atoms with Gasteiger partial charge < -0.3 is 19.5 Å². The minimum absolute atomic E-state index is 0.0742. The summed E-state index contributed by atoms with van der Waals surface area (Å²) in [5.41, 5.74) is 2.66. The molecule has 1 aromatic heterocycles. The van der Waals surface area contributed by atoms with Crippen molar-refractivity contribution in [1.29, 1.82) is 0 Å². The number of anilines is 1. The summed E-state index contributed by atoms with van der Waals surface area (Å²) in [5.74, 6) is -0.301. The number of rotatable bonds is 8. The van der Waals surface area contributed by atoms with E-state index in [4.69, 9.17) is 4.74 Å². The Hall–Kier alpha value is -2.90. The average Bonchev–Trinajstić information content (AvgIpc) is 3.63. The van der Waals surface area contributed by atoms with Gasteiger partial charge in [-0.05, 0) is 71.4 Å². The Morgan fingerprint density at radius 2 is 1.81 bits per heavy atom. The molecular weight excluding hydrogens is 659 g/mol. The summed E-state index contributed by atoms with van der Waals surface area (Å²) in [5, 5.41) is 19.2. The van der Waals surface area contributed by atoms with Gasteiger partial charge in [0, 0.05) is 27.1 Å². The fraction of sp³-hybridized carbons (Fsp3) is 0.344. The van der Waals surface area contributed by atoms with Crippen molar-refractivity contribution in [3.63, 3.8) is 0 Å². The highest BCUT2D eigenvalue weighted by molar-refractivity contribution is 14.1. The monoisotopic (exact) mass is 694 g/mol. The number of nitrogens with zero attached hydrogens (tertiary/aromatic N) is 4. The Morgan fingerprint density at radius 3 is 2.55 bits per heavy atom. The lowest BCUT2D eigenvalue weighted by molar-refractivity contribution is -0.146. The number of aromatic nitrogens is 3. The first-order valence-electron chi connectivity index (χ1n) is 14.3. The van der Waals surface area contributed by atoms with Crippen LogP contribution in [0.2, 0.25) is 18.6 Å². The number of carbonyl (C=O) groups is 1. The van der Waals surface area contributed by atoms with Crippen molar-refractivity contribution in [3.05, 3.63) is 111 Å². The van der Waals surface area contributed by atoms with Gasteiger partial charge in [0.25, 0.3) is 5.91 Å². The molecule has 1 saturated heterocycles. The molecule has 2 aliphatic rings. The molecule has 218 valence electrons. The molecule has 0 radical (unpaired) electrons. The third kappa shape index (κ3) is 5.13. The molecule has 1 spiro atoms. The summed E-state index contributed by atoms with van der Waals surface area (Å²) in [7, 11) is -2.78.